The molecule has 18 atom stereocenters. The Labute approximate surface area is 699 Å². The van der Waals surface area contributed by atoms with Gasteiger partial charge < -0.3 is 134 Å². The van der Waals surface area contributed by atoms with Gasteiger partial charge in [0.25, 0.3) is 10.0 Å². The Hall–Kier alpha value is -11.5. The van der Waals surface area contributed by atoms with Crippen LogP contribution in [0.2, 0.25) is 10.0 Å². The fourth-order valence-electron chi connectivity index (χ4n) is 14.4. The van der Waals surface area contributed by atoms with E-state index < -0.39 is 265 Å². The van der Waals surface area contributed by atoms with Crippen LogP contribution in [0.1, 0.15) is 105 Å². The Balaban J connectivity index is 1.02. The molecular weight excluding hydrogens is 1650 g/mol. The zero-order valence-corrected chi connectivity index (χ0v) is 67.2. The van der Waals surface area contributed by atoms with E-state index in [1.54, 1.807) is 6.07 Å². The van der Waals surface area contributed by atoms with Crippen LogP contribution in [0.4, 0.5) is 11.4 Å². The molecule has 0 saturated carbocycles. The first-order valence-electron chi connectivity index (χ1n) is 37.8. The number of hydrogen-bond donors (Lipinski definition) is 21. The van der Waals surface area contributed by atoms with Crippen LogP contribution < -0.4 is 78.3 Å². The number of fused-ring (bicyclic) bond motifs is 15. The maximum atomic E-state index is 16.3. The maximum Gasteiger partial charge on any atom is 0.261 e. The van der Waals surface area contributed by atoms with Crippen molar-refractivity contribution in [2.45, 2.75) is 161 Å². The number of carbonyl (C=O) groups is 9. The number of carbonyl (C=O) groups excluding carboxylic acids is 9. The summed E-state index contributed by atoms with van der Waals surface area (Å²) in [4.78, 5) is 134. The Bertz CT molecular complexity index is 5270. The third-order valence-electron chi connectivity index (χ3n) is 20.7. The number of benzene rings is 7. The Morgan fingerprint density at radius 3 is 1.90 bits per heavy atom. The maximum absolute atomic E-state index is 16.3. The van der Waals surface area contributed by atoms with Crippen molar-refractivity contribution in [1.29, 1.82) is 0 Å². The molecule has 41 heteroatoms. The third-order valence-corrected chi connectivity index (χ3v) is 22.7. The van der Waals surface area contributed by atoms with Gasteiger partial charge in [-0.2, -0.15) is 0 Å². The van der Waals surface area contributed by atoms with Crippen molar-refractivity contribution >= 4 is 97.8 Å². The van der Waals surface area contributed by atoms with Gasteiger partial charge in [-0.3, -0.25) is 47.9 Å². The van der Waals surface area contributed by atoms with Crippen molar-refractivity contribution in [3.8, 4) is 57.1 Å². The van der Waals surface area contributed by atoms with Crippen molar-refractivity contribution in [2.24, 2.45) is 17.4 Å². The molecule has 11 bridgehead atoms. The van der Waals surface area contributed by atoms with Gasteiger partial charge in [0.1, 0.15) is 95.5 Å². The fourth-order valence-corrected chi connectivity index (χ4v) is 16.0. The van der Waals surface area contributed by atoms with Crippen molar-refractivity contribution in [3.63, 3.8) is 0 Å². The van der Waals surface area contributed by atoms with E-state index in [4.69, 9.17) is 63.1 Å². The molecule has 0 radical (unpaired) electrons. The van der Waals surface area contributed by atoms with Crippen LogP contribution in [0.5, 0.6) is 46.0 Å². The molecule has 18 unspecified atom stereocenters. The predicted molar refractivity (Wildman–Crippen MR) is 427 cm³/mol. The lowest BCUT2D eigenvalue weighted by Crippen LogP contribution is -2.64. The van der Waals surface area contributed by atoms with Gasteiger partial charge in [-0.05, 0) is 152 Å². The monoisotopic (exact) mass is 1730 g/mol. The van der Waals surface area contributed by atoms with Gasteiger partial charge in [0.2, 0.25) is 65.2 Å². The van der Waals surface area contributed by atoms with Crippen LogP contribution in [0.25, 0.3) is 11.1 Å². The summed E-state index contributed by atoms with van der Waals surface area (Å²) in [6.07, 6.45) is -19.0. The van der Waals surface area contributed by atoms with E-state index >= 15 is 19.2 Å². The number of aliphatic hydroxyl groups is 6. The number of likely N-dealkylation sites (N-methyl/N-ethyl adjacent to an activating group) is 1. The molecule has 0 aromatic heterocycles. The molecule has 121 heavy (non-hydrogen) atoms. The molecule has 7 aliphatic heterocycles. The zero-order chi connectivity index (χ0) is 87.5. The molecule has 2 fully saturated rings. The van der Waals surface area contributed by atoms with Gasteiger partial charge in [-0.1, -0.05) is 73.4 Å². The number of nitrogens with one attached hydrogen (secondary N) is 10. The van der Waals surface area contributed by atoms with Gasteiger partial charge in [0.05, 0.1) is 52.8 Å². The van der Waals surface area contributed by atoms with Crippen LogP contribution >= 0.6 is 23.2 Å². The number of rotatable bonds is 19. The molecule has 0 spiro atoms. The summed E-state index contributed by atoms with van der Waals surface area (Å²) in [6, 6.07) is 11.8. The second-order valence-corrected chi connectivity index (χ2v) is 32.6. The van der Waals surface area contributed by atoms with Gasteiger partial charge >= 0.3 is 0 Å². The number of phenols is 3. The second-order valence-electron chi connectivity index (χ2n) is 30.1. The van der Waals surface area contributed by atoms with E-state index in [1.165, 1.54) is 81.6 Å². The summed E-state index contributed by atoms with van der Waals surface area (Å²) in [5.74, 6) is -16.8. The van der Waals surface area contributed by atoms with Crippen molar-refractivity contribution in [3.05, 3.63) is 171 Å². The van der Waals surface area contributed by atoms with Crippen molar-refractivity contribution in [1.82, 2.24) is 42.5 Å². The second kappa shape index (κ2) is 36.8. The Morgan fingerprint density at radius 1 is 0.678 bits per heavy atom. The summed E-state index contributed by atoms with van der Waals surface area (Å²) < 4.78 is 67.1. The number of primary amides is 1. The number of anilines is 2. The standard InChI is InChI=1S/C80H88Cl2N12O26S/c1-33(2)21-47(85-5)72(106)92-63-65(101)36-12-19-51(45(81)23-36)116-53-25-38-26-54(69(53)120-79-70(68(104)67(103)55(32-95)118-79)119-58-30-80(4,84)71(105)34(3)115-58)117-52-20-13-37(24-46(52)82)66(102)64-78(112)91-62(74(108)86-31-57(100)87-39-14-16-40(17-15-39)94-121(113,114)42-9-7-6-8-10-42)44-27-41(96)28-50(98)59(44)43-22-35(11-18-49(43)97)60(75(109)93-64)90-76(110)61(38)89-73(107)48(29-56(83)99)88-77(63)111/h6-20,22-28,33-34,47-48,55,58,60-68,70-71,79,85,94-98,101-105H,21,29-32,84H2,1-5H3,(H2,83,99)(H,86,108)(H,87,100)(H,88,111)(H,89,107)(H,90,110)(H,91,112)(H,92,106)(H,93,109). The first-order chi connectivity index (χ1) is 57.3. The van der Waals surface area contributed by atoms with Crippen LogP contribution in [-0.2, 0) is 67.4 Å². The lowest BCUT2D eigenvalue weighted by Gasteiger charge is -2.47. The molecule has 9 amide bonds. The third kappa shape index (κ3) is 19.9. The van der Waals surface area contributed by atoms with Crippen molar-refractivity contribution < 1.29 is 126 Å². The van der Waals surface area contributed by atoms with Crippen molar-refractivity contribution in [2.75, 3.05) is 30.2 Å². The summed E-state index contributed by atoms with van der Waals surface area (Å²) in [7, 11) is -2.57. The topological polar surface area (TPSA) is 598 Å². The van der Waals surface area contributed by atoms with E-state index in [-0.39, 0.29) is 56.9 Å². The Kier molecular flexibility index (Phi) is 27.0. The highest BCUT2D eigenvalue weighted by Crippen LogP contribution is 2.50. The number of phenolic OH excluding ortho intramolecular Hbond substituents is 3. The molecule has 38 nitrogen and oxygen atoms in total. The number of ether oxygens (including phenoxy) is 6. The molecule has 7 aromatic carbocycles. The lowest BCUT2D eigenvalue weighted by molar-refractivity contribution is -0.333. The average Bonchev–Trinajstić information content (AvgIpc) is 0.761. The number of sulfonamides is 1. The molecule has 7 aromatic rings. The van der Waals surface area contributed by atoms with E-state index in [0.29, 0.717) is 0 Å². The van der Waals surface area contributed by atoms with Crippen LogP contribution in [0.15, 0.2) is 138 Å². The van der Waals surface area contributed by atoms with E-state index in [2.05, 4.69) is 52.6 Å². The first-order valence-corrected chi connectivity index (χ1v) is 40.0. The number of aromatic hydroxyl groups is 3. The largest absolute Gasteiger partial charge is 0.508 e. The van der Waals surface area contributed by atoms with Crippen LogP contribution in [0.3, 0.4) is 0 Å². The molecule has 0 aliphatic carbocycles. The molecule has 7 heterocycles. The SMILES string of the molecule is CNC(CC(C)C)C(=O)NC1C(=O)NC(CC(N)=O)C(=O)NC2C(=O)NC3C(=O)NC(C(=O)NC(C(=O)NCC(=O)Nc4ccc(NS(=O)(=O)c5ccccc5)cc4)c4cc(O)cc(O)c4-c4cc3ccc4O)C(O)c3ccc(c(Cl)c3)Oc3cc2cc(c3OC2OC(CO)C(O)C(O)C2OC2CC(C)(N)C(O)C(C)O2)Oc2ccc(cc2Cl)C1O. The molecule has 2 saturated heterocycles. The van der Waals surface area contributed by atoms with E-state index in [1.807, 2.05) is 13.8 Å². The molecule has 7 aliphatic rings. The number of hydrogen-bond acceptors (Lipinski definition) is 28. The van der Waals surface area contributed by atoms with Gasteiger partial charge in [-0.15, -0.1) is 0 Å². The quantitative estimate of drug-likeness (QED) is 0.0546. The number of aliphatic hydroxyl groups excluding tert-OH is 6. The number of nitrogens with two attached hydrogens (primary N) is 2. The van der Waals surface area contributed by atoms with Crippen LogP contribution in [-0.4, -0.2) is 207 Å². The lowest BCUT2D eigenvalue weighted by atomic mass is 9.86. The number of halogens is 2. The number of amides is 9. The molecule has 14 rings (SSSR count). The minimum Gasteiger partial charge on any atom is -0.508 e. The predicted octanol–water partition coefficient (Wildman–Crippen LogP) is 1.58. The zero-order valence-electron chi connectivity index (χ0n) is 64.9. The highest BCUT2D eigenvalue weighted by molar-refractivity contribution is 7.92. The van der Waals surface area contributed by atoms with Crippen LogP contribution in [0, 0.1) is 5.92 Å². The summed E-state index contributed by atoms with van der Waals surface area (Å²) in [6.45, 7) is 4.70. The van der Waals surface area contributed by atoms with Gasteiger partial charge in [-0.25, -0.2) is 8.42 Å². The molecule has 644 valence electrons. The van der Waals surface area contributed by atoms with Gasteiger partial charge in [0.15, 0.2) is 23.9 Å². The average molecular weight is 1740 g/mol. The minimum atomic E-state index is -4.03. The normalized spacial score (nSPS) is 26.5. The fraction of sp³-hybridized carbons (Fsp3) is 0.362. The molecular formula is C80H88Cl2N12O26S. The van der Waals surface area contributed by atoms with E-state index in [0.717, 1.165) is 66.7 Å². The smallest absolute Gasteiger partial charge is 0.261 e. The minimum absolute atomic E-state index is 0.0318. The highest BCUT2D eigenvalue weighted by atomic mass is 35.5. The summed E-state index contributed by atoms with van der Waals surface area (Å²) in [5, 5.41) is 127. The summed E-state index contributed by atoms with van der Waals surface area (Å²) in [5.41, 5.74) is 8.12. The molecule has 23 N–H and O–H groups in total. The highest BCUT2D eigenvalue weighted by Gasteiger charge is 2.52. The van der Waals surface area contributed by atoms with Gasteiger partial charge in [0, 0.05) is 40.5 Å². The summed E-state index contributed by atoms with van der Waals surface area (Å²) >= 11 is 14.3. The van der Waals surface area contributed by atoms with E-state index in [9.17, 15) is 78.3 Å². The first kappa shape index (κ1) is 88.7. The Morgan fingerprint density at radius 2 is 1.29 bits per heavy atom.